The number of hydrogen-bond donors (Lipinski definition) is 2. The molecule has 0 aliphatic carbocycles. The van der Waals surface area contributed by atoms with Gasteiger partial charge in [0.25, 0.3) is 5.91 Å². The molecule has 3 heteroatoms. The van der Waals surface area contributed by atoms with Crippen molar-refractivity contribution in [2.75, 3.05) is 18.4 Å². The number of quaternary nitrogens is 1. The van der Waals surface area contributed by atoms with E-state index in [9.17, 15) is 4.79 Å². The zero-order chi connectivity index (χ0) is 14.4. The molecule has 0 saturated carbocycles. The fourth-order valence-corrected chi connectivity index (χ4v) is 2.88. The van der Waals surface area contributed by atoms with Gasteiger partial charge in [-0.1, -0.05) is 19.1 Å². The van der Waals surface area contributed by atoms with E-state index in [0.29, 0.717) is 0 Å². The van der Waals surface area contributed by atoms with Crippen LogP contribution in [-0.2, 0) is 11.2 Å². The number of likely N-dealkylation sites (tertiary alicyclic amines) is 1. The van der Waals surface area contributed by atoms with Crippen molar-refractivity contribution in [1.82, 2.24) is 0 Å². The van der Waals surface area contributed by atoms with Crippen molar-refractivity contribution in [1.29, 1.82) is 0 Å². The van der Waals surface area contributed by atoms with Crippen LogP contribution >= 0.6 is 0 Å². The fourth-order valence-electron chi connectivity index (χ4n) is 2.88. The number of benzene rings is 1. The van der Waals surface area contributed by atoms with Crippen molar-refractivity contribution in [3.63, 3.8) is 0 Å². The van der Waals surface area contributed by atoms with E-state index in [4.69, 9.17) is 0 Å². The van der Waals surface area contributed by atoms with Gasteiger partial charge in [0.1, 0.15) is 0 Å². The maximum absolute atomic E-state index is 12.3. The first-order chi connectivity index (χ1) is 9.70. The monoisotopic (exact) mass is 275 g/mol. The first kappa shape index (κ1) is 15.0. The molecule has 0 bridgehead atoms. The van der Waals surface area contributed by atoms with Crippen molar-refractivity contribution in [2.24, 2.45) is 0 Å². The van der Waals surface area contributed by atoms with Crippen LogP contribution in [0.4, 0.5) is 5.69 Å². The number of amides is 1. The Morgan fingerprint density at radius 2 is 1.75 bits per heavy atom. The number of anilines is 1. The summed E-state index contributed by atoms with van der Waals surface area (Å²) in [4.78, 5) is 13.8. The molecule has 1 aromatic rings. The SMILES string of the molecule is CCc1ccc(NC(=O)[C@H](C)[NH+]2CCCCCC2)cc1. The second-order valence-electron chi connectivity index (χ2n) is 5.83. The highest BCUT2D eigenvalue weighted by Gasteiger charge is 2.25. The number of nitrogens with one attached hydrogen (secondary N) is 2. The van der Waals surface area contributed by atoms with Crippen LogP contribution in [0.2, 0.25) is 0 Å². The minimum absolute atomic E-state index is 0.0407. The van der Waals surface area contributed by atoms with Crippen molar-refractivity contribution in [3.8, 4) is 0 Å². The van der Waals surface area contributed by atoms with Gasteiger partial charge in [-0.05, 0) is 56.7 Å². The van der Waals surface area contributed by atoms with Crippen molar-refractivity contribution in [2.45, 2.75) is 52.0 Å². The number of hydrogen-bond acceptors (Lipinski definition) is 1. The molecule has 110 valence electrons. The number of carbonyl (C=O) groups is 1. The third kappa shape index (κ3) is 4.07. The second-order valence-corrected chi connectivity index (χ2v) is 5.83. The van der Waals surface area contributed by atoms with Crippen molar-refractivity contribution in [3.05, 3.63) is 29.8 Å². The van der Waals surface area contributed by atoms with Gasteiger partial charge in [0, 0.05) is 5.69 Å². The average molecular weight is 275 g/mol. The molecule has 1 amide bonds. The highest BCUT2D eigenvalue weighted by Crippen LogP contribution is 2.10. The first-order valence-corrected chi connectivity index (χ1v) is 7.95. The Bertz CT molecular complexity index is 419. The maximum atomic E-state index is 12.3. The minimum atomic E-state index is 0.0407. The summed E-state index contributed by atoms with van der Waals surface area (Å²) in [7, 11) is 0. The van der Waals surface area contributed by atoms with Crippen LogP contribution in [0.1, 0.15) is 45.1 Å². The third-order valence-electron chi connectivity index (χ3n) is 4.38. The summed E-state index contributed by atoms with van der Waals surface area (Å²) in [6.07, 6.45) is 6.16. The summed E-state index contributed by atoms with van der Waals surface area (Å²) in [5.74, 6) is 0.145. The van der Waals surface area contributed by atoms with E-state index >= 15 is 0 Å². The Labute approximate surface area is 122 Å². The van der Waals surface area contributed by atoms with Gasteiger partial charge >= 0.3 is 0 Å². The summed E-state index contributed by atoms with van der Waals surface area (Å²) >= 11 is 0. The Morgan fingerprint density at radius 1 is 1.15 bits per heavy atom. The van der Waals surface area contributed by atoms with Crippen LogP contribution in [-0.4, -0.2) is 25.0 Å². The molecular formula is C17H27N2O+. The number of rotatable bonds is 4. The van der Waals surface area contributed by atoms with E-state index in [1.165, 1.54) is 36.1 Å². The summed E-state index contributed by atoms with van der Waals surface area (Å²) < 4.78 is 0. The standard InChI is InChI=1S/C17H26N2O/c1-3-15-8-10-16(11-9-15)18-17(20)14(2)19-12-6-4-5-7-13-19/h8-11,14H,3-7,12-13H2,1-2H3,(H,18,20)/p+1/t14-/m0/s1. The second kappa shape index (κ2) is 7.44. The fraction of sp³-hybridized carbons (Fsp3) is 0.588. The molecule has 0 radical (unpaired) electrons. The topological polar surface area (TPSA) is 33.5 Å². The molecule has 1 saturated heterocycles. The van der Waals surface area contributed by atoms with Crippen LogP contribution in [0.25, 0.3) is 0 Å². The number of carbonyl (C=O) groups excluding carboxylic acids is 1. The zero-order valence-corrected chi connectivity index (χ0v) is 12.7. The highest BCUT2D eigenvalue weighted by molar-refractivity contribution is 5.93. The molecule has 1 fully saturated rings. The van der Waals surface area contributed by atoms with Crippen molar-refractivity contribution >= 4 is 11.6 Å². The third-order valence-corrected chi connectivity index (χ3v) is 4.38. The molecule has 0 spiro atoms. The largest absolute Gasteiger partial charge is 0.325 e. The molecule has 1 aliphatic rings. The predicted molar refractivity (Wildman–Crippen MR) is 83.1 cm³/mol. The molecule has 0 unspecified atom stereocenters. The normalized spacial score (nSPS) is 18.3. The lowest BCUT2D eigenvalue weighted by molar-refractivity contribution is -0.913. The van der Waals surface area contributed by atoms with Crippen LogP contribution in [0, 0.1) is 0 Å². The summed E-state index contributed by atoms with van der Waals surface area (Å²) in [6.45, 7) is 6.45. The van der Waals surface area contributed by atoms with Crippen LogP contribution < -0.4 is 10.2 Å². The minimum Gasteiger partial charge on any atom is -0.325 e. The molecular weight excluding hydrogens is 248 g/mol. The maximum Gasteiger partial charge on any atom is 0.282 e. The van der Waals surface area contributed by atoms with Gasteiger partial charge in [0.15, 0.2) is 6.04 Å². The van der Waals surface area contributed by atoms with Crippen molar-refractivity contribution < 1.29 is 9.69 Å². The molecule has 0 aromatic heterocycles. The Hall–Kier alpha value is -1.35. The van der Waals surface area contributed by atoms with E-state index in [0.717, 1.165) is 25.2 Å². The summed E-state index contributed by atoms with van der Waals surface area (Å²) in [6, 6.07) is 8.21. The molecule has 1 aliphatic heterocycles. The number of aryl methyl sites for hydroxylation is 1. The molecule has 2 N–H and O–H groups in total. The van der Waals surface area contributed by atoms with Gasteiger partial charge < -0.3 is 10.2 Å². The Kier molecular flexibility index (Phi) is 5.60. The van der Waals surface area contributed by atoms with Gasteiger partial charge in [0.2, 0.25) is 0 Å². The van der Waals surface area contributed by atoms with E-state index < -0.39 is 0 Å². The Balaban J connectivity index is 1.92. The molecule has 1 aromatic carbocycles. The first-order valence-electron chi connectivity index (χ1n) is 7.95. The smallest absolute Gasteiger partial charge is 0.282 e. The lowest BCUT2D eigenvalue weighted by Gasteiger charge is -2.23. The average Bonchev–Trinajstić information content (AvgIpc) is 2.76. The van der Waals surface area contributed by atoms with Gasteiger partial charge in [-0.2, -0.15) is 0 Å². The molecule has 1 heterocycles. The van der Waals surface area contributed by atoms with Gasteiger partial charge in [-0.15, -0.1) is 0 Å². The van der Waals surface area contributed by atoms with Crippen LogP contribution in [0.15, 0.2) is 24.3 Å². The van der Waals surface area contributed by atoms with Crippen LogP contribution in [0.5, 0.6) is 0 Å². The van der Waals surface area contributed by atoms with E-state index in [-0.39, 0.29) is 11.9 Å². The highest BCUT2D eigenvalue weighted by atomic mass is 16.2. The predicted octanol–water partition coefficient (Wildman–Crippen LogP) is 2.03. The summed E-state index contributed by atoms with van der Waals surface area (Å²) in [5, 5.41) is 3.05. The van der Waals surface area contributed by atoms with Gasteiger partial charge in [-0.3, -0.25) is 4.79 Å². The molecule has 3 nitrogen and oxygen atoms in total. The Morgan fingerprint density at radius 3 is 2.30 bits per heavy atom. The molecule has 2 rings (SSSR count). The summed E-state index contributed by atoms with van der Waals surface area (Å²) in [5.41, 5.74) is 2.21. The van der Waals surface area contributed by atoms with Gasteiger partial charge in [-0.25, -0.2) is 0 Å². The zero-order valence-electron chi connectivity index (χ0n) is 12.7. The van der Waals surface area contributed by atoms with E-state index in [1.807, 2.05) is 12.1 Å². The van der Waals surface area contributed by atoms with E-state index in [2.05, 4.69) is 31.3 Å². The lowest BCUT2D eigenvalue weighted by Crippen LogP contribution is -3.16. The van der Waals surface area contributed by atoms with Gasteiger partial charge in [0.05, 0.1) is 13.1 Å². The quantitative estimate of drug-likeness (QED) is 0.866. The van der Waals surface area contributed by atoms with Crippen LogP contribution in [0.3, 0.4) is 0 Å². The lowest BCUT2D eigenvalue weighted by atomic mass is 10.1. The molecule has 20 heavy (non-hydrogen) atoms. The molecule has 1 atom stereocenters. The van der Waals surface area contributed by atoms with E-state index in [1.54, 1.807) is 0 Å².